The van der Waals surface area contributed by atoms with Crippen molar-refractivity contribution in [3.63, 3.8) is 0 Å². The van der Waals surface area contributed by atoms with Crippen LogP contribution in [0.2, 0.25) is 0 Å². The Morgan fingerprint density at radius 1 is 1.12 bits per heavy atom. The number of ether oxygens (including phenoxy) is 2. The summed E-state index contributed by atoms with van der Waals surface area (Å²) in [6.07, 6.45) is 4.63. The molecule has 0 saturated carbocycles. The van der Waals surface area contributed by atoms with Gasteiger partial charge in [-0.25, -0.2) is 0 Å². The first-order valence-electron chi connectivity index (χ1n) is 9.99. The molecule has 0 radical (unpaired) electrons. The van der Waals surface area contributed by atoms with E-state index in [1.165, 1.54) is 12.8 Å². The maximum atomic E-state index is 12.9. The summed E-state index contributed by atoms with van der Waals surface area (Å²) in [5.41, 5.74) is 0.894. The Balaban J connectivity index is 1.94. The van der Waals surface area contributed by atoms with Gasteiger partial charge in [0, 0.05) is 20.1 Å². The zero-order valence-corrected chi connectivity index (χ0v) is 16.6. The second kappa shape index (κ2) is 11.2. The van der Waals surface area contributed by atoms with Crippen LogP contribution < -0.4 is 9.64 Å². The minimum Gasteiger partial charge on any atom is -0.478 e. The molecule has 2 rings (SSSR count). The number of anilines is 1. The van der Waals surface area contributed by atoms with Crippen molar-refractivity contribution in [3.05, 3.63) is 24.3 Å². The number of fused-ring (bicyclic) bond motifs is 1. The van der Waals surface area contributed by atoms with Gasteiger partial charge in [-0.1, -0.05) is 26.0 Å². The van der Waals surface area contributed by atoms with Crippen molar-refractivity contribution in [1.29, 1.82) is 0 Å². The topological polar surface area (TPSA) is 42.0 Å². The minimum atomic E-state index is -0.443. The highest BCUT2D eigenvalue weighted by Gasteiger charge is 2.33. The van der Waals surface area contributed by atoms with Crippen molar-refractivity contribution in [2.75, 3.05) is 44.8 Å². The van der Waals surface area contributed by atoms with Crippen molar-refractivity contribution in [2.45, 2.75) is 52.1 Å². The molecule has 1 aliphatic heterocycles. The van der Waals surface area contributed by atoms with Crippen LogP contribution in [0.25, 0.3) is 0 Å². The quantitative estimate of drug-likeness (QED) is 0.532. The van der Waals surface area contributed by atoms with Crippen molar-refractivity contribution in [3.8, 4) is 5.75 Å². The number of carbonyl (C=O) groups excluding carboxylic acids is 1. The first-order chi connectivity index (χ1) is 12.7. The predicted octanol–water partition coefficient (Wildman–Crippen LogP) is 3.72. The largest absolute Gasteiger partial charge is 0.478 e. The summed E-state index contributed by atoms with van der Waals surface area (Å²) >= 11 is 0. The van der Waals surface area contributed by atoms with E-state index in [4.69, 9.17) is 9.47 Å². The lowest BCUT2D eigenvalue weighted by Crippen LogP contribution is -2.46. The molecule has 5 nitrogen and oxygen atoms in total. The van der Waals surface area contributed by atoms with Crippen LogP contribution in [-0.4, -0.2) is 56.8 Å². The number of rotatable bonds is 12. The summed E-state index contributed by atoms with van der Waals surface area (Å²) in [6, 6.07) is 7.83. The van der Waals surface area contributed by atoms with Gasteiger partial charge < -0.3 is 19.3 Å². The van der Waals surface area contributed by atoms with Gasteiger partial charge in [0.25, 0.3) is 5.91 Å². The maximum Gasteiger partial charge on any atom is 0.268 e. The third-order valence-electron chi connectivity index (χ3n) is 4.74. The van der Waals surface area contributed by atoms with E-state index in [2.05, 4.69) is 18.7 Å². The molecule has 5 heteroatoms. The number of amides is 1. The van der Waals surface area contributed by atoms with Crippen molar-refractivity contribution >= 4 is 11.6 Å². The van der Waals surface area contributed by atoms with Gasteiger partial charge in [0.1, 0.15) is 5.75 Å². The minimum absolute atomic E-state index is 0.0553. The van der Waals surface area contributed by atoms with E-state index in [-0.39, 0.29) is 5.91 Å². The normalized spacial score (nSPS) is 16.7. The highest BCUT2D eigenvalue weighted by molar-refractivity contribution is 5.99. The molecule has 0 spiro atoms. The van der Waals surface area contributed by atoms with Crippen LogP contribution in [0, 0.1) is 0 Å². The number of unbranched alkanes of at least 4 members (excludes halogenated alkanes) is 1. The Kier molecular flexibility index (Phi) is 8.92. The molecule has 26 heavy (non-hydrogen) atoms. The van der Waals surface area contributed by atoms with Gasteiger partial charge in [-0.05, 0) is 57.5 Å². The van der Waals surface area contributed by atoms with E-state index in [9.17, 15) is 4.79 Å². The number of methoxy groups -OCH3 is 1. The first-order valence-corrected chi connectivity index (χ1v) is 9.99. The third kappa shape index (κ3) is 5.71. The first kappa shape index (κ1) is 20.7. The number of para-hydroxylation sites is 2. The zero-order chi connectivity index (χ0) is 18.8. The molecule has 146 valence electrons. The lowest BCUT2D eigenvalue weighted by molar-refractivity contribution is -0.127. The van der Waals surface area contributed by atoms with E-state index in [1.807, 2.05) is 29.2 Å². The molecule has 0 fully saturated rings. The number of nitrogens with zero attached hydrogens (tertiary/aromatic N) is 2. The fraction of sp³-hybridized carbons (Fsp3) is 0.667. The molecule has 1 atom stereocenters. The summed E-state index contributed by atoms with van der Waals surface area (Å²) in [7, 11) is 1.65. The summed E-state index contributed by atoms with van der Waals surface area (Å²) < 4.78 is 11.0. The average Bonchev–Trinajstić information content (AvgIpc) is 2.65. The second-order valence-corrected chi connectivity index (χ2v) is 6.89. The number of benzene rings is 1. The fourth-order valence-corrected chi connectivity index (χ4v) is 3.49. The van der Waals surface area contributed by atoms with E-state index >= 15 is 0 Å². The Bertz CT molecular complexity index is 544. The van der Waals surface area contributed by atoms with Gasteiger partial charge in [-0.3, -0.25) is 4.79 Å². The van der Waals surface area contributed by atoms with Crippen LogP contribution >= 0.6 is 0 Å². The van der Waals surface area contributed by atoms with Gasteiger partial charge in [-0.2, -0.15) is 0 Å². The molecular formula is C21H34N2O3. The Hall–Kier alpha value is -1.59. The maximum absolute atomic E-state index is 12.9. The molecule has 0 aromatic heterocycles. The van der Waals surface area contributed by atoms with Crippen molar-refractivity contribution in [2.24, 2.45) is 0 Å². The van der Waals surface area contributed by atoms with E-state index in [0.717, 1.165) is 50.5 Å². The summed E-state index contributed by atoms with van der Waals surface area (Å²) in [4.78, 5) is 17.3. The second-order valence-electron chi connectivity index (χ2n) is 6.89. The zero-order valence-electron chi connectivity index (χ0n) is 16.6. The van der Waals surface area contributed by atoms with Crippen LogP contribution in [0.3, 0.4) is 0 Å². The molecule has 0 aliphatic carbocycles. The molecule has 0 saturated heterocycles. The average molecular weight is 363 g/mol. The Morgan fingerprint density at radius 3 is 2.54 bits per heavy atom. The van der Waals surface area contributed by atoms with Gasteiger partial charge in [0.05, 0.1) is 12.3 Å². The Labute approximate surface area is 158 Å². The molecule has 1 amide bonds. The molecule has 1 aromatic carbocycles. The van der Waals surface area contributed by atoms with Gasteiger partial charge in [-0.15, -0.1) is 0 Å². The van der Waals surface area contributed by atoms with Crippen LogP contribution in [-0.2, 0) is 9.53 Å². The summed E-state index contributed by atoms with van der Waals surface area (Å²) in [5.74, 6) is 0.853. The SMILES string of the molecule is CCCN(CCC)CCCCN1C(=O)C(CCOC)Oc2ccccc21. The predicted molar refractivity (Wildman–Crippen MR) is 106 cm³/mol. The molecule has 1 heterocycles. The smallest absolute Gasteiger partial charge is 0.268 e. The molecule has 0 N–H and O–H groups in total. The van der Waals surface area contributed by atoms with Crippen LogP contribution in [0.1, 0.15) is 46.0 Å². The van der Waals surface area contributed by atoms with E-state index < -0.39 is 6.10 Å². The third-order valence-corrected chi connectivity index (χ3v) is 4.74. The molecule has 1 unspecified atom stereocenters. The lowest BCUT2D eigenvalue weighted by Gasteiger charge is -2.34. The highest BCUT2D eigenvalue weighted by atomic mass is 16.5. The highest BCUT2D eigenvalue weighted by Crippen LogP contribution is 2.34. The number of hydrogen-bond donors (Lipinski definition) is 0. The van der Waals surface area contributed by atoms with E-state index in [1.54, 1.807) is 7.11 Å². The van der Waals surface area contributed by atoms with Gasteiger partial charge in [0.2, 0.25) is 0 Å². The van der Waals surface area contributed by atoms with Crippen molar-refractivity contribution in [1.82, 2.24) is 4.90 Å². The van der Waals surface area contributed by atoms with Crippen LogP contribution in [0.4, 0.5) is 5.69 Å². The lowest BCUT2D eigenvalue weighted by atomic mass is 10.1. The molecular weight excluding hydrogens is 328 g/mol. The standard InChI is InChI=1S/C21H34N2O3/c1-4-13-22(14-5-2)15-8-9-16-23-18-10-6-7-11-19(18)26-20(21(23)24)12-17-25-3/h6-7,10-11,20H,4-5,8-9,12-17H2,1-3H3. The fourth-order valence-electron chi connectivity index (χ4n) is 3.49. The van der Waals surface area contributed by atoms with E-state index in [0.29, 0.717) is 13.0 Å². The molecule has 0 bridgehead atoms. The number of hydrogen-bond acceptors (Lipinski definition) is 4. The summed E-state index contributed by atoms with van der Waals surface area (Å²) in [6.45, 7) is 9.15. The molecule has 1 aliphatic rings. The molecule has 1 aromatic rings. The van der Waals surface area contributed by atoms with Gasteiger partial charge in [0.15, 0.2) is 6.10 Å². The van der Waals surface area contributed by atoms with Crippen LogP contribution in [0.15, 0.2) is 24.3 Å². The van der Waals surface area contributed by atoms with Crippen LogP contribution in [0.5, 0.6) is 5.75 Å². The Morgan fingerprint density at radius 2 is 1.85 bits per heavy atom. The van der Waals surface area contributed by atoms with Gasteiger partial charge >= 0.3 is 0 Å². The monoisotopic (exact) mass is 362 g/mol. The number of carbonyl (C=O) groups is 1. The van der Waals surface area contributed by atoms with Crippen molar-refractivity contribution < 1.29 is 14.3 Å². The summed E-state index contributed by atoms with van der Waals surface area (Å²) in [5, 5.41) is 0.